The average Bonchev–Trinajstić information content (AvgIpc) is 3.24. The van der Waals surface area contributed by atoms with Crippen molar-refractivity contribution in [1.29, 1.82) is 0 Å². The quantitative estimate of drug-likeness (QED) is 0.428. The summed E-state index contributed by atoms with van der Waals surface area (Å²) in [5.41, 5.74) is 0.443. The molecule has 10 heteroatoms. The van der Waals surface area contributed by atoms with Crippen molar-refractivity contribution < 1.29 is 18.7 Å². The monoisotopic (exact) mass is 327 g/mol. The summed E-state index contributed by atoms with van der Waals surface area (Å²) in [5.74, 6) is -0.185. The van der Waals surface area contributed by atoms with Crippen molar-refractivity contribution in [3.8, 4) is 11.7 Å². The van der Waals surface area contributed by atoms with Gasteiger partial charge in [0.15, 0.2) is 0 Å². The average molecular weight is 327 g/mol. The van der Waals surface area contributed by atoms with Crippen LogP contribution in [0.15, 0.2) is 51.5 Å². The highest BCUT2D eigenvalue weighted by atomic mass is 16.6. The summed E-state index contributed by atoms with van der Waals surface area (Å²) >= 11 is 0. The van der Waals surface area contributed by atoms with Crippen LogP contribution in [0.2, 0.25) is 0 Å². The molecule has 0 spiro atoms. The Bertz CT molecular complexity index is 900. The van der Waals surface area contributed by atoms with Gasteiger partial charge in [-0.1, -0.05) is 22.4 Å². The first kappa shape index (κ1) is 15.1. The van der Waals surface area contributed by atoms with E-state index in [-0.39, 0.29) is 23.4 Å². The molecule has 1 aromatic carbocycles. The molecule has 0 atom stereocenters. The van der Waals surface area contributed by atoms with Gasteiger partial charge in [-0.2, -0.15) is 0 Å². The fourth-order valence-electron chi connectivity index (χ4n) is 1.76. The van der Waals surface area contributed by atoms with E-state index in [0.717, 1.165) is 0 Å². The van der Waals surface area contributed by atoms with Gasteiger partial charge in [0.25, 0.3) is 17.5 Å². The lowest BCUT2D eigenvalue weighted by atomic mass is 10.2. The fourth-order valence-corrected chi connectivity index (χ4v) is 1.76. The van der Waals surface area contributed by atoms with Crippen molar-refractivity contribution in [2.75, 3.05) is 5.32 Å². The molecule has 0 aliphatic rings. The van der Waals surface area contributed by atoms with Crippen LogP contribution < -0.4 is 5.32 Å². The number of hydrogen-bond donors (Lipinski definition) is 1. The van der Waals surface area contributed by atoms with E-state index in [4.69, 9.17) is 8.94 Å². The highest BCUT2D eigenvalue weighted by Gasteiger charge is 2.12. The minimum Gasteiger partial charge on any atom is -0.400 e. The van der Waals surface area contributed by atoms with Crippen LogP contribution in [-0.2, 0) is 4.79 Å². The zero-order valence-corrected chi connectivity index (χ0v) is 11.9. The maximum Gasteiger partial charge on any atom is 0.322 e. The Morgan fingerprint density at radius 3 is 2.92 bits per heavy atom. The Labute approximate surface area is 133 Å². The highest BCUT2D eigenvalue weighted by molar-refractivity contribution is 6.00. The number of carbonyl (C=O) groups excluding carboxylic acids is 1. The normalized spacial score (nSPS) is 10.8. The second-order valence-corrected chi connectivity index (χ2v) is 4.46. The molecular weight excluding hydrogens is 318 g/mol. The van der Waals surface area contributed by atoms with Crippen molar-refractivity contribution in [3.05, 3.63) is 58.3 Å². The van der Waals surface area contributed by atoms with Gasteiger partial charge in [-0.15, -0.1) is 5.10 Å². The summed E-state index contributed by atoms with van der Waals surface area (Å²) in [7, 11) is 0. The van der Waals surface area contributed by atoms with Crippen molar-refractivity contribution >= 4 is 23.7 Å². The first-order valence-electron chi connectivity index (χ1n) is 6.60. The van der Waals surface area contributed by atoms with E-state index in [1.54, 1.807) is 6.07 Å². The fraction of sp³-hybridized carbons (Fsp3) is 0. The zero-order valence-electron chi connectivity index (χ0n) is 11.9. The molecule has 0 aliphatic heterocycles. The van der Waals surface area contributed by atoms with E-state index in [0.29, 0.717) is 5.56 Å². The minimum absolute atomic E-state index is 0.0637. The molecule has 0 radical (unpaired) electrons. The predicted octanol–water partition coefficient (Wildman–Crippen LogP) is 2.28. The number of nitro benzene ring substituents is 1. The molecule has 120 valence electrons. The van der Waals surface area contributed by atoms with Crippen LogP contribution >= 0.6 is 0 Å². The maximum absolute atomic E-state index is 11.8. The lowest BCUT2D eigenvalue weighted by Gasteiger charge is -1.95. The van der Waals surface area contributed by atoms with Crippen LogP contribution in [0.25, 0.3) is 17.7 Å². The summed E-state index contributed by atoms with van der Waals surface area (Å²) < 4.78 is 10.0. The molecule has 0 saturated heterocycles. The van der Waals surface area contributed by atoms with Crippen LogP contribution in [0.3, 0.4) is 0 Å². The van der Waals surface area contributed by atoms with Gasteiger partial charge in [-0.3, -0.25) is 20.2 Å². The van der Waals surface area contributed by atoms with Crippen molar-refractivity contribution in [2.45, 2.75) is 0 Å². The summed E-state index contributed by atoms with van der Waals surface area (Å²) in [5, 5.41) is 23.9. The van der Waals surface area contributed by atoms with Crippen LogP contribution in [0.5, 0.6) is 0 Å². The molecule has 10 nitrogen and oxygen atoms in total. The van der Waals surface area contributed by atoms with Crippen molar-refractivity contribution in [1.82, 2.24) is 15.4 Å². The van der Waals surface area contributed by atoms with Gasteiger partial charge in [0.1, 0.15) is 0 Å². The molecule has 2 aromatic heterocycles. The largest absolute Gasteiger partial charge is 0.400 e. The van der Waals surface area contributed by atoms with Crippen LogP contribution in [0.1, 0.15) is 5.56 Å². The third-order valence-corrected chi connectivity index (χ3v) is 2.81. The Kier molecular flexibility index (Phi) is 4.10. The molecule has 3 aromatic rings. The number of anilines is 1. The Hall–Kier alpha value is -3.82. The van der Waals surface area contributed by atoms with E-state index in [1.807, 2.05) is 0 Å². The van der Waals surface area contributed by atoms with Crippen LogP contribution in [0, 0.1) is 10.1 Å². The van der Waals surface area contributed by atoms with E-state index < -0.39 is 10.8 Å². The summed E-state index contributed by atoms with van der Waals surface area (Å²) in [6.45, 7) is 0. The van der Waals surface area contributed by atoms with Gasteiger partial charge in [0.2, 0.25) is 5.76 Å². The third kappa shape index (κ3) is 3.50. The molecule has 0 unspecified atom stereocenters. The van der Waals surface area contributed by atoms with Crippen LogP contribution in [0.4, 0.5) is 11.7 Å². The second kappa shape index (κ2) is 6.52. The minimum atomic E-state index is -0.533. The van der Waals surface area contributed by atoms with E-state index in [9.17, 15) is 14.9 Å². The second-order valence-electron chi connectivity index (χ2n) is 4.46. The topological polar surface area (TPSA) is 137 Å². The number of nitrogens with one attached hydrogen (secondary N) is 1. The summed E-state index contributed by atoms with van der Waals surface area (Å²) in [4.78, 5) is 22.0. The first-order chi connectivity index (χ1) is 11.6. The van der Waals surface area contributed by atoms with E-state index >= 15 is 0 Å². The number of amides is 1. The Morgan fingerprint density at radius 2 is 2.17 bits per heavy atom. The number of nitrogens with zero attached hydrogens (tertiary/aromatic N) is 4. The Balaban J connectivity index is 1.65. The molecule has 0 aliphatic carbocycles. The predicted molar refractivity (Wildman–Crippen MR) is 80.6 cm³/mol. The molecule has 3 rings (SSSR count). The number of benzene rings is 1. The summed E-state index contributed by atoms with van der Waals surface area (Å²) in [6.07, 6.45) is 4.03. The van der Waals surface area contributed by atoms with Gasteiger partial charge in [0, 0.05) is 24.3 Å². The number of carbonyl (C=O) groups is 1. The van der Waals surface area contributed by atoms with Gasteiger partial charge >= 0.3 is 6.01 Å². The molecule has 1 amide bonds. The number of aromatic nitrogens is 3. The SMILES string of the molecule is O=C(C=Cc1cccc([N+](=O)[O-])c1)Nc1nnc(-c2ccno2)o1. The Morgan fingerprint density at radius 1 is 1.29 bits per heavy atom. The van der Waals surface area contributed by atoms with Gasteiger partial charge in [-0.25, -0.2) is 0 Å². The van der Waals surface area contributed by atoms with Gasteiger partial charge in [-0.05, 0) is 11.6 Å². The zero-order chi connectivity index (χ0) is 16.9. The third-order valence-electron chi connectivity index (χ3n) is 2.81. The molecule has 0 fully saturated rings. The van der Waals surface area contributed by atoms with Gasteiger partial charge < -0.3 is 8.94 Å². The smallest absolute Gasteiger partial charge is 0.322 e. The standard InChI is InChI=1S/C14H9N5O5/c20-12(5-4-9-2-1-3-10(8-9)19(21)22)16-14-18-17-13(23-14)11-6-7-15-24-11/h1-8H,(H,16,18,20). The highest BCUT2D eigenvalue weighted by Crippen LogP contribution is 2.19. The summed E-state index contributed by atoms with van der Waals surface area (Å²) in [6, 6.07) is 7.28. The lowest BCUT2D eigenvalue weighted by molar-refractivity contribution is -0.384. The lowest BCUT2D eigenvalue weighted by Crippen LogP contribution is -2.07. The molecule has 1 N–H and O–H groups in total. The van der Waals surface area contributed by atoms with E-state index in [2.05, 4.69) is 20.7 Å². The molecular formula is C14H9N5O5. The van der Waals surface area contributed by atoms with Crippen molar-refractivity contribution in [2.24, 2.45) is 0 Å². The first-order valence-corrected chi connectivity index (χ1v) is 6.60. The number of non-ortho nitro benzene ring substituents is 1. The van der Waals surface area contributed by atoms with Crippen LogP contribution in [-0.4, -0.2) is 26.2 Å². The number of rotatable bonds is 5. The molecule has 24 heavy (non-hydrogen) atoms. The number of nitro groups is 1. The van der Waals surface area contributed by atoms with E-state index in [1.165, 1.54) is 42.6 Å². The van der Waals surface area contributed by atoms with Gasteiger partial charge in [0.05, 0.1) is 11.1 Å². The molecule has 0 bridgehead atoms. The molecule has 2 heterocycles. The maximum atomic E-state index is 11.8. The molecule has 0 saturated carbocycles. The number of hydrogen-bond acceptors (Lipinski definition) is 8. The van der Waals surface area contributed by atoms with Crippen molar-refractivity contribution in [3.63, 3.8) is 0 Å².